The first-order chi connectivity index (χ1) is 6.92. The monoisotopic (exact) mass is 243 g/mol. The molecule has 0 aliphatic heterocycles. The molecule has 1 atom stereocenters. The lowest BCUT2D eigenvalue weighted by Gasteiger charge is -2.28. The van der Waals surface area contributed by atoms with E-state index in [9.17, 15) is 0 Å². The summed E-state index contributed by atoms with van der Waals surface area (Å²) in [5.41, 5.74) is 0.812. The van der Waals surface area contributed by atoms with Gasteiger partial charge in [-0.2, -0.15) is 5.26 Å². The highest BCUT2D eigenvalue weighted by Crippen LogP contribution is 2.42. The molecule has 0 aromatic heterocycles. The van der Waals surface area contributed by atoms with Crippen LogP contribution in [0.1, 0.15) is 11.7 Å². The van der Waals surface area contributed by atoms with Crippen molar-refractivity contribution in [1.29, 1.82) is 5.26 Å². The van der Waals surface area contributed by atoms with Gasteiger partial charge in [-0.25, -0.2) is 0 Å². The molecule has 0 spiro atoms. The summed E-state index contributed by atoms with van der Waals surface area (Å²) in [6.45, 7) is 0. The highest BCUT2D eigenvalue weighted by Gasteiger charge is 2.17. The molecule has 82 valence electrons. The zero-order valence-electron chi connectivity index (χ0n) is 9.03. The van der Waals surface area contributed by atoms with E-state index in [2.05, 4.69) is 6.07 Å². The van der Waals surface area contributed by atoms with E-state index in [-0.39, 0.29) is 0 Å². The summed E-state index contributed by atoms with van der Waals surface area (Å²) in [7, 11) is -1.16. The summed E-state index contributed by atoms with van der Waals surface area (Å²) in [5.74, 6) is 0. The van der Waals surface area contributed by atoms with Crippen LogP contribution < -0.4 is 0 Å². The Morgan fingerprint density at radius 3 is 2.53 bits per heavy atom. The van der Waals surface area contributed by atoms with E-state index in [1.807, 2.05) is 30.9 Å². The van der Waals surface area contributed by atoms with Crippen LogP contribution >= 0.6 is 21.9 Å². The maximum atomic E-state index is 9.03. The van der Waals surface area contributed by atoms with Gasteiger partial charge in [-0.3, -0.25) is 0 Å². The minimum atomic E-state index is -1.16. The molecule has 0 amide bonds. The second kappa shape index (κ2) is 4.89. The average molecular weight is 244 g/mol. The van der Waals surface area contributed by atoms with E-state index >= 15 is 0 Å². The van der Waals surface area contributed by atoms with Crippen molar-refractivity contribution >= 4 is 21.9 Å². The largest absolute Gasteiger partial charge is 0.314 e. The van der Waals surface area contributed by atoms with E-state index in [0.29, 0.717) is 5.02 Å². The van der Waals surface area contributed by atoms with Crippen molar-refractivity contribution in [3.8, 4) is 6.07 Å². The van der Waals surface area contributed by atoms with Crippen LogP contribution in [0.2, 0.25) is 5.02 Å². The number of benzene rings is 1. The molecule has 0 bridgehead atoms. The predicted octanol–water partition coefficient (Wildman–Crippen LogP) is 3.53. The van der Waals surface area contributed by atoms with Crippen LogP contribution in [-0.2, 0) is 4.18 Å². The zero-order valence-corrected chi connectivity index (χ0v) is 10.6. The number of rotatable bonds is 3. The third-order valence-electron chi connectivity index (χ3n) is 1.65. The van der Waals surface area contributed by atoms with Crippen molar-refractivity contribution < 1.29 is 4.18 Å². The fraction of sp³-hybridized carbons (Fsp3) is 0.364. The molecule has 1 aromatic carbocycles. The van der Waals surface area contributed by atoms with Crippen molar-refractivity contribution in [3.05, 3.63) is 34.9 Å². The SMILES string of the molecule is CS(C)(C)OC(C#N)c1cccc(Cl)c1. The molecule has 0 N–H and O–H groups in total. The lowest BCUT2D eigenvalue weighted by atomic mass is 10.1. The summed E-state index contributed by atoms with van der Waals surface area (Å²) in [6, 6.07) is 9.36. The standard InChI is InChI=1S/C11H14ClNOS/c1-15(2,3)14-11(8-13)9-5-4-6-10(12)7-9/h4-7,11H,1-3H3. The first-order valence-corrected chi connectivity index (χ1v) is 7.60. The summed E-state index contributed by atoms with van der Waals surface area (Å²) in [6.07, 6.45) is 5.48. The molecular weight excluding hydrogens is 230 g/mol. The molecular formula is C11H14ClNOS. The van der Waals surface area contributed by atoms with E-state index in [0.717, 1.165) is 5.56 Å². The Balaban J connectivity index is 2.90. The molecule has 0 radical (unpaired) electrons. The third-order valence-corrected chi connectivity index (χ3v) is 2.66. The van der Waals surface area contributed by atoms with Crippen molar-refractivity contribution in [2.45, 2.75) is 6.10 Å². The van der Waals surface area contributed by atoms with Crippen LogP contribution in [0, 0.1) is 11.3 Å². The molecule has 0 saturated heterocycles. The van der Waals surface area contributed by atoms with E-state index < -0.39 is 16.4 Å². The van der Waals surface area contributed by atoms with Gasteiger partial charge in [0.15, 0.2) is 6.10 Å². The Hall–Kier alpha value is -0.690. The molecule has 1 rings (SSSR count). The molecule has 0 aliphatic rings. The summed E-state index contributed by atoms with van der Waals surface area (Å²) in [5, 5.41) is 9.65. The van der Waals surface area contributed by atoms with Crippen molar-refractivity contribution in [2.24, 2.45) is 0 Å². The van der Waals surface area contributed by atoms with Crippen molar-refractivity contribution in [2.75, 3.05) is 18.8 Å². The van der Waals surface area contributed by atoms with Crippen LogP contribution in [0.4, 0.5) is 0 Å². The first kappa shape index (κ1) is 12.4. The molecule has 1 unspecified atom stereocenters. The Kier molecular flexibility index (Phi) is 4.04. The maximum absolute atomic E-state index is 9.03. The molecule has 0 aliphatic carbocycles. The number of hydrogen-bond donors (Lipinski definition) is 0. The highest BCUT2D eigenvalue weighted by atomic mass is 35.5. The number of halogens is 1. The molecule has 0 fully saturated rings. The second-order valence-corrected chi connectivity index (χ2v) is 7.96. The van der Waals surface area contributed by atoms with Gasteiger partial charge in [-0.05, 0) is 36.5 Å². The minimum absolute atomic E-state index is 0.529. The van der Waals surface area contributed by atoms with Gasteiger partial charge in [0.1, 0.15) is 6.07 Å². The molecule has 1 aromatic rings. The zero-order chi connectivity index (χ0) is 11.5. The summed E-state index contributed by atoms with van der Waals surface area (Å²) >= 11 is 5.86. The van der Waals surface area contributed by atoms with Gasteiger partial charge in [-0.15, -0.1) is 10.3 Å². The van der Waals surface area contributed by atoms with E-state index in [1.165, 1.54) is 0 Å². The van der Waals surface area contributed by atoms with Gasteiger partial charge in [0.05, 0.1) is 0 Å². The quantitative estimate of drug-likeness (QED) is 0.814. The maximum Gasteiger partial charge on any atom is 0.181 e. The Bertz CT molecular complexity index is 381. The predicted molar refractivity (Wildman–Crippen MR) is 66.3 cm³/mol. The van der Waals surface area contributed by atoms with Crippen LogP contribution in [0.15, 0.2) is 24.3 Å². The minimum Gasteiger partial charge on any atom is -0.314 e. The average Bonchev–Trinajstić information content (AvgIpc) is 2.13. The lowest BCUT2D eigenvalue weighted by molar-refractivity contribution is 0.302. The summed E-state index contributed by atoms with van der Waals surface area (Å²) in [4.78, 5) is 0. The van der Waals surface area contributed by atoms with Gasteiger partial charge >= 0.3 is 0 Å². The van der Waals surface area contributed by atoms with Gasteiger partial charge < -0.3 is 4.18 Å². The smallest absolute Gasteiger partial charge is 0.181 e. The fourth-order valence-electron chi connectivity index (χ4n) is 1.11. The second-order valence-electron chi connectivity index (χ2n) is 3.89. The molecule has 2 nitrogen and oxygen atoms in total. The Morgan fingerprint density at radius 2 is 2.07 bits per heavy atom. The fourth-order valence-corrected chi connectivity index (χ4v) is 2.04. The van der Waals surface area contributed by atoms with Crippen LogP contribution in [0.3, 0.4) is 0 Å². The van der Waals surface area contributed by atoms with E-state index in [4.69, 9.17) is 21.0 Å². The normalized spacial score (nSPS) is 14.3. The Morgan fingerprint density at radius 1 is 1.40 bits per heavy atom. The molecule has 4 heteroatoms. The van der Waals surface area contributed by atoms with Crippen molar-refractivity contribution in [1.82, 2.24) is 0 Å². The highest BCUT2D eigenvalue weighted by molar-refractivity contribution is 8.28. The van der Waals surface area contributed by atoms with Gasteiger partial charge in [0, 0.05) is 5.02 Å². The number of hydrogen-bond acceptors (Lipinski definition) is 2. The van der Waals surface area contributed by atoms with Gasteiger partial charge in [-0.1, -0.05) is 23.7 Å². The first-order valence-electron chi connectivity index (χ1n) is 4.44. The number of nitrogens with zero attached hydrogens (tertiary/aromatic N) is 1. The lowest BCUT2D eigenvalue weighted by Crippen LogP contribution is -2.05. The van der Waals surface area contributed by atoms with Gasteiger partial charge in [0.2, 0.25) is 0 Å². The van der Waals surface area contributed by atoms with Crippen LogP contribution in [0.25, 0.3) is 0 Å². The molecule has 0 heterocycles. The van der Waals surface area contributed by atoms with Crippen LogP contribution in [-0.4, -0.2) is 18.8 Å². The Labute approximate surface area is 97.3 Å². The molecule has 0 saturated carbocycles. The van der Waals surface area contributed by atoms with Crippen LogP contribution in [0.5, 0.6) is 0 Å². The third kappa shape index (κ3) is 4.13. The number of nitriles is 1. The topological polar surface area (TPSA) is 33.0 Å². The van der Waals surface area contributed by atoms with Gasteiger partial charge in [0.25, 0.3) is 0 Å². The summed E-state index contributed by atoms with van der Waals surface area (Å²) < 4.78 is 5.69. The van der Waals surface area contributed by atoms with E-state index in [1.54, 1.807) is 12.1 Å². The van der Waals surface area contributed by atoms with Crippen molar-refractivity contribution in [3.63, 3.8) is 0 Å². The molecule has 15 heavy (non-hydrogen) atoms.